The van der Waals surface area contributed by atoms with Gasteiger partial charge in [0.2, 0.25) is 0 Å². The standard InChI is InChI=1S/C14H15ClN4OS/c1-4-9-12-13(18(2)17-9)19(14(21)16-12)10-7-8(15)5-6-11(10)20-3/h5-7H,4H2,1-3H3,(H,16,21). The average molecular weight is 323 g/mol. The molecule has 5 nitrogen and oxygen atoms in total. The van der Waals surface area contributed by atoms with E-state index in [0.717, 1.165) is 29.0 Å². The molecule has 7 heteroatoms. The molecule has 0 aliphatic carbocycles. The van der Waals surface area contributed by atoms with Crippen molar-refractivity contribution in [1.29, 1.82) is 0 Å². The van der Waals surface area contributed by atoms with Crippen molar-refractivity contribution in [1.82, 2.24) is 19.3 Å². The van der Waals surface area contributed by atoms with Crippen LogP contribution in [0, 0.1) is 4.77 Å². The number of nitrogens with zero attached hydrogens (tertiary/aromatic N) is 3. The van der Waals surface area contributed by atoms with E-state index in [1.165, 1.54) is 0 Å². The quantitative estimate of drug-likeness (QED) is 0.749. The van der Waals surface area contributed by atoms with E-state index in [9.17, 15) is 0 Å². The van der Waals surface area contributed by atoms with Gasteiger partial charge in [0.25, 0.3) is 0 Å². The number of aromatic nitrogens is 4. The highest BCUT2D eigenvalue weighted by molar-refractivity contribution is 7.71. The molecule has 1 aromatic carbocycles. The molecule has 2 aromatic heterocycles. The highest BCUT2D eigenvalue weighted by Gasteiger charge is 2.18. The van der Waals surface area contributed by atoms with Gasteiger partial charge in [0, 0.05) is 12.1 Å². The second kappa shape index (κ2) is 5.20. The molecular weight excluding hydrogens is 308 g/mol. The third-order valence-corrected chi connectivity index (χ3v) is 3.97. The summed E-state index contributed by atoms with van der Waals surface area (Å²) in [6.45, 7) is 2.07. The molecular formula is C14H15ClN4OS. The maximum Gasteiger partial charge on any atom is 0.184 e. The van der Waals surface area contributed by atoms with Crippen LogP contribution in [-0.2, 0) is 13.5 Å². The van der Waals surface area contributed by atoms with Gasteiger partial charge in [0.1, 0.15) is 11.3 Å². The Morgan fingerprint density at radius 1 is 1.43 bits per heavy atom. The van der Waals surface area contributed by atoms with Crippen LogP contribution in [0.1, 0.15) is 12.6 Å². The fraction of sp³-hybridized carbons (Fsp3) is 0.286. The van der Waals surface area contributed by atoms with Gasteiger partial charge in [-0.15, -0.1) is 0 Å². The number of ether oxygens (including phenoxy) is 1. The average Bonchev–Trinajstić information content (AvgIpc) is 2.95. The zero-order valence-electron chi connectivity index (χ0n) is 12.0. The maximum absolute atomic E-state index is 6.13. The van der Waals surface area contributed by atoms with Crippen LogP contribution in [0.15, 0.2) is 18.2 Å². The lowest BCUT2D eigenvalue weighted by Crippen LogP contribution is -2.03. The zero-order valence-corrected chi connectivity index (χ0v) is 13.5. The SMILES string of the molecule is CCc1nn(C)c2c1[nH]c(=S)n2-c1cc(Cl)ccc1OC. The Kier molecular flexibility index (Phi) is 3.51. The van der Waals surface area contributed by atoms with Gasteiger partial charge in [-0.3, -0.25) is 4.57 Å². The van der Waals surface area contributed by atoms with Crippen molar-refractivity contribution < 1.29 is 4.74 Å². The lowest BCUT2D eigenvalue weighted by molar-refractivity contribution is 0.413. The Morgan fingerprint density at radius 3 is 2.86 bits per heavy atom. The number of hydrogen-bond donors (Lipinski definition) is 1. The van der Waals surface area contributed by atoms with E-state index < -0.39 is 0 Å². The summed E-state index contributed by atoms with van der Waals surface area (Å²) in [6, 6.07) is 5.45. The van der Waals surface area contributed by atoms with E-state index in [2.05, 4.69) is 17.0 Å². The molecule has 1 N–H and O–H groups in total. The van der Waals surface area contributed by atoms with Crippen LogP contribution in [-0.4, -0.2) is 26.4 Å². The molecule has 0 atom stereocenters. The van der Waals surface area contributed by atoms with Crippen molar-refractivity contribution in [3.05, 3.63) is 33.7 Å². The number of fused-ring (bicyclic) bond motifs is 1. The monoisotopic (exact) mass is 322 g/mol. The Labute approximate surface area is 132 Å². The van der Waals surface area contributed by atoms with E-state index in [1.807, 2.05) is 28.4 Å². The van der Waals surface area contributed by atoms with Crippen molar-refractivity contribution in [2.75, 3.05) is 7.11 Å². The first-order chi connectivity index (χ1) is 10.1. The predicted octanol–water partition coefficient (Wildman–Crippen LogP) is 3.65. The number of nitrogens with one attached hydrogen (secondary N) is 1. The molecule has 21 heavy (non-hydrogen) atoms. The second-order valence-corrected chi connectivity index (χ2v) is 5.53. The number of aryl methyl sites for hydroxylation is 2. The highest BCUT2D eigenvalue weighted by Crippen LogP contribution is 2.30. The van der Waals surface area contributed by atoms with Gasteiger partial charge >= 0.3 is 0 Å². The summed E-state index contributed by atoms with van der Waals surface area (Å²) >= 11 is 11.6. The Balaban J connectivity index is 2.40. The summed E-state index contributed by atoms with van der Waals surface area (Å²) < 4.78 is 9.75. The van der Waals surface area contributed by atoms with Crippen molar-refractivity contribution in [2.24, 2.45) is 7.05 Å². The fourth-order valence-electron chi connectivity index (χ4n) is 2.52. The first-order valence-electron chi connectivity index (χ1n) is 6.57. The van der Waals surface area contributed by atoms with E-state index in [1.54, 1.807) is 13.2 Å². The number of imidazole rings is 1. The summed E-state index contributed by atoms with van der Waals surface area (Å²) in [5, 5.41) is 5.14. The molecule has 2 heterocycles. The summed E-state index contributed by atoms with van der Waals surface area (Å²) in [5.41, 5.74) is 3.63. The van der Waals surface area contributed by atoms with Gasteiger partial charge in [0.15, 0.2) is 10.4 Å². The van der Waals surface area contributed by atoms with Crippen molar-refractivity contribution in [3.8, 4) is 11.4 Å². The molecule has 110 valence electrons. The van der Waals surface area contributed by atoms with Crippen LogP contribution < -0.4 is 4.74 Å². The lowest BCUT2D eigenvalue weighted by Gasteiger charge is -2.10. The van der Waals surface area contributed by atoms with Crippen molar-refractivity contribution in [3.63, 3.8) is 0 Å². The van der Waals surface area contributed by atoms with Crippen LogP contribution in [0.2, 0.25) is 5.02 Å². The Bertz CT molecular complexity index is 877. The molecule has 0 aliphatic rings. The summed E-state index contributed by atoms with van der Waals surface area (Å²) in [7, 11) is 3.53. The number of halogens is 1. The number of benzene rings is 1. The summed E-state index contributed by atoms with van der Waals surface area (Å²) in [4.78, 5) is 3.23. The zero-order chi connectivity index (χ0) is 15.1. The normalized spacial score (nSPS) is 11.2. The second-order valence-electron chi connectivity index (χ2n) is 4.70. The van der Waals surface area contributed by atoms with Gasteiger partial charge in [-0.05, 0) is 36.8 Å². The molecule has 0 spiro atoms. The smallest absolute Gasteiger partial charge is 0.184 e. The molecule has 0 fully saturated rings. The van der Waals surface area contributed by atoms with Crippen LogP contribution in [0.25, 0.3) is 16.9 Å². The molecule has 3 aromatic rings. The Morgan fingerprint density at radius 2 is 2.19 bits per heavy atom. The largest absolute Gasteiger partial charge is 0.495 e. The minimum absolute atomic E-state index is 0.591. The Hall–Kier alpha value is -1.79. The summed E-state index contributed by atoms with van der Waals surface area (Å²) in [5.74, 6) is 0.704. The van der Waals surface area contributed by atoms with Gasteiger partial charge < -0.3 is 9.72 Å². The molecule has 0 bridgehead atoms. The molecule has 0 unspecified atom stereocenters. The molecule has 0 amide bonds. The minimum Gasteiger partial charge on any atom is -0.495 e. The van der Waals surface area contributed by atoms with Gasteiger partial charge in [0.05, 0.1) is 18.5 Å². The van der Waals surface area contributed by atoms with E-state index >= 15 is 0 Å². The number of H-pyrrole nitrogens is 1. The van der Waals surface area contributed by atoms with Crippen LogP contribution >= 0.6 is 23.8 Å². The topological polar surface area (TPSA) is 47.8 Å². The first kappa shape index (κ1) is 14.2. The minimum atomic E-state index is 0.591. The third-order valence-electron chi connectivity index (χ3n) is 3.45. The van der Waals surface area contributed by atoms with Crippen molar-refractivity contribution >= 4 is 35.0 Å². The number of hydrogen-bond acceptors (Lipinski definition) is 3. The number of methoxy groups -OCH3 is 1. The molecule has 0 radical (unpaired) electrons. The molecule has 0 aliphatic heterocycles. The van der Waals surface area contributed by atoms with E-state index in [-0.39, 0.29) is 0 Å². The van der Waals surface area contributed by atoms with Crippen LogP contribution in [0.4, 0.5) is 0 Å². The molecule has 0 saturated carbocycles. The lowest BCUT2D eigenvalue weighted by atomic mass is 10.3. The third kappa shape index (κ3) is 2.15. The van der Waals surface area contributed by atoms with Crippen molar-refractivity contribution in [2.45, 2.75) is 13.3 Å². The number of aromatic amines is 1. The maximum atomic E-state index is 6.13. The van der Waals surface area contributed by atoms with E-state index in [4.69, 9.17) is 28.6 Å². The first-order valence-corrected chi connectivity index (χ1v) is 7.36. The van der Waals surface area contributed by atoms with Gasteiger partial charge in [-0.25, -0.2) is 4.68 Å². The van der Waals surface area contributed by atoms with E-state index in [0.29, 0.717) is 15.5 Å². The van der Waals surface area contributed by atoms with Gasteiger partial charge in [-0.1, -0.05) is 18.5 Å². The molecule has 0 saturated heterocycles. The summed E-state index contributed by atoms with van der Waals surface area (Å²) in [6.07, 6.45) is 0.833. The number of rotatable bonds is 3. The van der Waals surface area contributed by atoms with Crippen LogP contribution in [0.5, 0.6) is 5.75 Å². The molecule has 3 rings (SSSR count). The van der Waals surface area contributed by atoms with Gasteiger partial charge in [-0.2, -0.15) is 5.10 Å². The van der Waals surface area contributed by atoms with Crippen LogP contribution in [0.3, 0.4) is 0 Å². The predicted molar refractivity (Wildman–Crippen MR) is 86.2 cm³/mol. The highest BCUT2D eigenvalue weighted by atomic mass is 35.5. The fourth-order valence-corrected chi connectivity index (χ4v) is 2.97.